The number of rotatable bonds is 9. The molecule has 30 heavy (non-hydrogen) atoms. The van der Waals surface area contributed by atoms with E-state index in [-0.39, 0.29) is 11.8 Å². The van der Waals surface area contributed by atoms with E-state index in [2.05, 4.69) is 29.4 Å². The van der Waals surface area contributed by atoms with Crippen LogP contribution in [0, 0.1) is 5.92 Å². The summed E-state index contributed by atoms with van der Waals surface area (Å²) in [6.45, 7) is 2.60. The number of hydrogen-bond donors (Lipinski definition) is 1. The highest BCUT2D eigenvalue weighted by molar-refractivity contribution is 6.39. The van der Waals surface area contributed by atoms with Crippen LogP contribution in [0.5, 0.6) is 0 Å². The van der Waals surface area contributed by atoms with E-state index in [1.165, 1.54) is 7.11 Å². The van der Waals surface area contributed by atoms with Crippen LogP contribution in [-0.2, 0) is 14.3 Å². The number of nitrogens with one attached hydrogen (secondary N) is 1. The Bertz CT molecular complexity index is 907. The highest BCUT2D eigenvalue weighted by Gasteiger charge is 2.42. The van der Waals surface area contributed by atoms with Crippen LogP contribution in [0.1, 0.15) is 42.7 Å². The van der Waals surface area contributed by atoms with Gasteiger partial charge in [-0.25, -0.2) is 4.79 Å². The molecule has 1 aliphatic rings. The summed E-state index contributed by atoms with van der Waals surface area (Å²) >= 11 is 0. The summed E-state index contributed by atoms with van der Waals surface area (Å²) in [5.74, 6) is -1.90. The number of ether oxygens (including phenoxy) is 1. The number of carbonyl (C=O) groups excluding carboxylic acids is 2. The number of hydrogen-bond acceptors (Lipinski definition) is 5. The molecule has 3 atom stereocenters. The van der Waals surface area contributed by atoms with Gasteiger partial charge in [0.2, 0.25) is 0 Å². The van der Waals surface area contributed by atoms with Crippen LogP contribution >= 0.6 is 0 Å². The number of nitrogens with zero attached hydrogens (tertiary/aromatic N) is 1. The molecule has 0 spiro atoms. The summed E-state index contributed by atoms with van der Waals surface area (Å²) in [5.41, 5.74) is 2.14. The van der Waals surface area contributed by atoms with Crippen LogP contribution in [0.3, 0.4) is 0 Å². The number of methoxy groups -OCH3 is 1. The molecule has 5 nitrogen and oxygen atoms in total. The predicted molar refractivity (Wildman–Crippen MR) is 118 cm³/mol. The van der Waals surface area contributed by atoms with Crippen molar-refractivity contribution in [3.8, 4) is 0 Å². The molecule has 2 aromatic carbocycles. The van der Waals surface area contributed by atoms with E-state index >= 15 is 0 Å². The van der Waals surface area contributed by atoms with Gasteiger partial charge in [-0.1, -0.05) is 74.0 Å². The minimum absolute atomic E-state index is 0.0348. The van der Waals surface area contributed by atoms with Gasteiger partial charge in [0.1, 0.15) is 5.84 Å². The first-order chi connectivity index (χ1) is 14.7. The lowest BCUT2D eigenvalue weighted by Gasteiger charge is -2.34. The largest absolute Gasteiger partial charge is 0.463 e. The number of esters is 1. The summed E-state index contributed by atoms with van der Waals surface area (Å²) in [7, 11) is 1.24. The minimum Gasteiger partial charge on any atom is -0.463 e. The minimum atomic E-state index is -0.844. The monoisotopic (exact) mass is 404 g/mol. The van der Waals surface area contributed by atoms with E-state index in [9.17, 15) is 9.59 Å². The second-order valence-electron chi connectivity index (χ2n) is 7.35. The molecule has 3 unspecified atom stereocenters. The highest BCUT2D eigenvalue weighted by atomic mass is 16.5. The Morgan fingerprint density at radius 3 is 2.20 bits per heavy atom. The number of benzene rings is 2. The molecule has 0 aliphatic carbocycles. The van der Waals surface area contributed by atoms with Crippen molar-refractivity contribution in [3.05, 3.63) is 84.1 Å². The first kappa shape index (κ1) is 21.5. The first-order valence-electron chi connectivity index (χ1n) is 10.3. The Hall–Kier alpha value is -3.21. The standard InChI is InChI=1S/C25H28N2O3/c1-3-11-20(18-12-6-4-7-13-18)21(19-14-8-5-9-15-19)22(23(28)25(29)30-2)24-26-16-10-17-27-24/h4-10,12-16,20-22H,3,11,17H2,1-2H3,(H,26,27). The maximum absolute atomic E-state index is 13.3. The number of Topliss-reactive ketones (excluding diaryl/α,β-unsaturated/α-hetero) is 1. The molecule has 0 saturated heterocycles. The van der Waals surface area contributed by atoms with Crippen LogP contribution in [0.25, 0.3) is 0 Å². The smallest absolute Gasteiger partial charge is 0.375 e. The fraction of sp³-hybridized carbons (Fsp3) is 0.320. The van der Waals surface area contributed by atoms with Gasteiger partial charge in [-0.2, -0.15) is 0 Å². The van der Waals surface area contributed by atoms with E-state index in [0.717, 1.165) is 24.0 Å². The molecule has 0 amide bonds. The van der Waals surface area contributed by atoms with Crippen LogP contribution in [0.4, 0.5) is 0 Å². The molecule has 0 fully saturated rings. The molecule has 1 heterocycles. The SMILES string of the molecule is CCCC(c1ccccc1)C(c1ccccc1)C(C(=O)C(=O)OC)C1=NCC=CN1. The highest BCUT2D eigenvalue weighted by Crippen LogP contribution is 2.42. The second kappa shape index (κ2) is 10.5. The summed E-state index contributed by atoms with van der Waals surface area (Å²) in [6.07, 6.45) is 5.47. The second-order valence-corrected chi connectivity index (χ2v) is 7.35. The van der Waals surface area contributed by atoms with Crippen molar-refractivity contribution >= 4 is 17.6 Å². The molecule has 5 heteroatoms. The molecular weight excluding hydrogens is 376 g/mol. The number of aliphatic imine (C=N–C) groups is 1. The van der Waals surface area contributed by atoms with Crippen molar-refractivity contribution in [2.45, 2.75) is 31.6 Å². The van der Waals surface area contributed by atoms with Gasteiger partial charge in [0.15, 0.2) is 0 Å². The van der Waals surface area contributed by atoms with E-state index in [4.69, 9.17) is 4.74 Å². The predicted octanol–water partition coefficient (Wildman–Crippen LogP) is 4.23. The van der Waals surface area contributed by atoms with E-state index in [1.54, 1.807) is 6.20 Å². The van der Waals surface area contributed by atoms with Gasteiger partial charge in [0.05, 0.1) is 19.6 Å². The number of ketones is 1. The van der Waals surface area contributed by atoms with Crippen LogP contribution in [0.2, 0.25) is 0 Å². The zero-order chi connectivity index (χ0) is 21.3. The van der Waals surface area contributed by atoms with Gasteiger partial charge >= 0.3 is 5.97 Å². The van der Waals surface area contributed by atoms with Crippen LogP contribution < -0.4 is 5.32 Å². The third-order valence-electron chi connectivity index (χ3n) is 5.48. The van der Waals surface area contributed by atoms with Crippen molar-refractivity contribution in [1.29, 1.82) is 0 Å². The molecule has 0 aromatic heterocycles. The first-order valence-corrected chi connectivity index (χ1v) is 10.3. The Labute approximate surface area is 177 Å². The van der Waals surface area contributed by atoms with Crippen molar-refractivity contribution in [3.63, 3.8) is 0 Å². The zero-order valence-corrected chi connectivity index (χ0v) is 17.5. The van der Waals surface area contributed by atoms with Gasteiger partial charge < -0.3 is 10.1 Å². The van der Waals surface area contributed by atoms with Crippen molar-refractivity contribution < 1.29 is 14.3 Å². The van der Waals surface area contributed by atoms with Gasteiger partial charge in [-0.15, -0.1) is 0 Å². The van der Waals surface area contributed by atoms with Crippen molar-refractivity contribution in [2.24, 2.45) is 10.9 Å². The van der Waals surface area contributed by atoms with E-state index in [1.807, 2.05) is 54.6 Å². The lowest BCUT2D eigenvalue weighted by molar-refractivity contribution is -0.153. The Kier molecular flexibility index (Phi) is 7.55. The summed E-state index contributed by atoms with van der Waals surface area (Å²) in [5, 5.41) is 3.12. The maximum atomic E-state index is 13.3. The molecule has 1 aliphatic heterocycles. The molecule has 2 aromatic rings. The lowest BCUT2D eigenvalue weighted by Crippen LogP contribution is -2.43. The topological polar surface area (TPSA) is 67.8 Å². The Balaban J connectivity index is 2.17. The summed E-state index contributed by atoms with van der Waals surface area (Å²) < 4.78 is 4.83. The normalized spacial score (nSPS) is 16.0. The molecule has 1 N–H and O–H groups in total. The molecule has 0 radical (unpaired) electrons. The quantitative estimate of drug-likeness (QED) is 0.502. The number of amidine groups is 1. The van der Waals surface area contributed by atoms with Crippen LogP contribution in [-0.4, -0.2) is 31.2 Å². The lowest BCUT2D eigenvalue weighted by atomic mass is 9.70. The fourth-order valence-electron chi connectivity index (χ4n) is 4.16. The van der Waals surface area contributed by atoms with Gasteiger partial charge in [0.25, 0.3) is 5.78 Å². The van der Waals surface area contributed by atoms with Gasteiger partial charge in [-0.05, 0) is 35.7 Å². The fourth-order valence-corrected chi connectivity index (χ4v) is 4.16. The van der Waals surface area contributed by atoms with E-state index < -0.39 is 17.7 Å². The van der Waals surface area contributed by atoms with E-state index in [0.29, 0.717) is 12.4 Å². The molecule has 0 bridgehead atoms. The number of carbonyl (C=O) groups is 2. The molecular formula is C25H28N2O3. The average molecular weight is 405 g/mol. The maximum Gasteiger partial charge on any atom is 0.375 e. The van der Waals surface area contributed by atoms with Crippen molar-refractivity contribution in [2.75, 3.05) is 13.7 Å². The average Bonchev–Trinajstić information content (AvgIpc) is 2.82. The van der Waals surface area contributed by atoms with Crippen LogP contribution in [0.15, 0.2) is 77.9 Å². The van der Waals surface area contributed by atoms with Crippen molar-refractivity contribution in [1.82, 2.24) is 5.32 Å². The Morgan fingerprint density at radius 1 is 1.03 bits per heavy atom. The molecule has 156 valence electrons. The molecule has 3 rings (SSSR count). The van der Waals surface area contributed by atoms with Gasteiger partial charge in [-0.3, -0.25) is 9.79 Å². The molecule has 0 saturated carbocycles. The third-order valence-corrected chi connectivity index (χ3v) is 5.48. The zero-order valence-electron chi connectivity index (χ0n) is 17.5. The third kappa shape index (κ3) is 4.85. The summed E-state index contributed by atoms with van der Waals surface area (Å²) in [4.78, 5) is 30.2. The summed E-state index contributed by atoms with van der Waals surface area (Å²) in [6, 6.07) is 20.1. The Morgan fingerprint density at radius 2 is 1.67 bits per heavy atom. The van der Waals surface area contributed by atoms with Gasteiger partial charge in [0, 0.05) is 5.92 Å².